The molecular weight excluding hydrogens is 228 g/mol. The van der Waals surface area contributed by atoms with Crippen LogP contribution in [0, 0.1) is 5.92 Å². The van der Waals surface area contributed by atoms with Gasteiger partial charge in [-0.15, -0.1) is 0 Å². The van der Waals surface area contributed by atoms with Crippen LogP contribution in [-0.4, -0.2) is 19.2 Å². The van der Waals surface area contributed by atoms with Crippen molar-refractivity contribution in [2.45, 2.75) is 31.7 Å². The smallest absolute Gasteiger partial charge is 0.333 e. The lowest BCUT2D eigenvalue weighted by molar-refractivity contribution is 0.105. The van der Waals surface area contributed by atoms with Crippen LogP contribution < -0.4 is 10.8 Å². The minimum Gasteiger partial charge on any atom is -0.333 e. The average Bonchev–Trinajstić information content (AvgIpc) is 2.78. The number of benzene rings is 1. The van der Waals surface area contributed by atoms with Gasteiger partial charge in [0.2, 0.25) is 0 Å². The molecule has 0 unspecified atom stereocenters. The summed E-state index contributed by atoms with van der Waals surface area (Å²) in [6.45, 7) is 0. The number of carbonyl (C=O) groups excluding carboxylic acids is 1. The molecule has 18 heavy (non-hydrogen) atoms. The maximum absolute atomic E-state index is 11.4. The van der Waals surface area contributed by atoms with E-state index in [1.165, 1.54) is 25.5 Å². The first kappa shape index (κ1) is 12.9. The van der Waals surface area contributed by atoms with Crippen LogP contribution in [-0.2, 0) is 11.3 Å². The number of nitrogens with one attached hydrogen (secondary N) is 2. The highest BCUT2D eigenvalue weighted by Crippen LogP contribution is 2.28. The summed E-state index contributed by atoms with van der Waals surface area (Å²) < 4.78 is 0. The zero-order valence-electron chi connectivity index (χ0n) is 10.7. The molecule has 1 aromatic rings. The zero-order valence-corrected chi connectivity index (χ0v) is 10.7. The average molecular weight is 248 g/mol. The van der Waals surface area contributed by atoms with Crippen molar-refractivity contribution in [3.63, 3.8) is 0 Å². The molecule has 0 radical (unpaired) electrons. The Bertz CT molecular complexity index is 381. The molecule has 0 aromatic heterocycles. The van der Waals surface area contributed by atoms with Gasteiger partial charge in [-0.1, -0.05) is 36.8 Å². The van der Waals surface area contributed by atoms with Crippen molar-refractivity contribution in [3.8, 4) is 0 Å². The fourth-order valence-corrected chi connectivity index (χ4v) is 2.68. The molecule has 1 saturated carbocycles. The molecule has 1 aromatic carbocycles. The minimum atomic E-state index is -0.248. The molecule has 2 atom stereocenters. The van der Waals surface area contributed by atoms with Crippen molar-refractivity contribution in [2.24, 2.45) is 5.92 Å². The summed E-state index contributed by atoms with van der Waals surface area (Å²) in [5, 5.41) is 2.98. The van der Waals surface area contributed by atoms with E-state index in [0.717, 1.165) is 12.8 Å². The second-order valence-electron chi connectivity index (χ2n) is 4.77. The highest BCUT2D eigenvalue weighted by Gasteiger charge is 2.28. The fraction of sp³-hybridized carbons (Fsp3) is 0.500. The van der Waals surface area contributed by atoms with Gasteiger partial charge < -0.3 is 5.32 Å². The Labute approximate surface area is 108 Å². The van der Waals surface area contributed by atoms with Gasteiger partial charge >= 0.3 is 6.03 Å². The number of hydrogen-bond donors (Lipinski definition) is 2. The Balaban J connectivity index is 1.89. The Morgan fingerprint density at radius 3 is 2.83 bits per heavy atom. The Morgan fingerprint density at radius 2 is 2.11 bits per heavy atom. The molecule has 0 bridgehead atoms. The normalized spacial score (nSPS) is 22.7. The van der Waals surface area contributed by atoms with Gasteiger partial charge in [-0.3, -0.25) is 4.84 Å². The molecule has 2 N–H and O–H groups in total. The van der Waals surface area contributed by atoms with Gasteiger partial charge in [0.25, 0.3) is 0 Å². The maximum Gasteiger partial charge on any atom is 0.338 e. The van der Waals surface area contributed by atoms with Crippen LogP contribution >= 0.6 is 0 Å². The SMILES string of the molecule is CONC(=O)N[C@H]1CCC[C@H]1Cc1ccccc1. The van der Waals surface area contributed by atoms with Crippen molar-refractivity contribution in [1.82, 2.24) is 10.8 Å². The number of hydrogen-bond acceptors (Lipinski definition) is 2. The first-order valence-electron chi connectivity index (χ1n) is 6.43. The van der Waals surface area contributed by atoms with Crippen LogP contribution in [0.4, 0.5) is 4.79 Å². The fourth-order valence-electron chi connectivity index (χ4n) is 2.68. The predicted molar refractivity (Wildman–Crippen MR) is 70.0 cm³/mol. The van der Waals surface area contributed by atoms with E-state index in [9.17, 15) is 4.79 Å². The zero-order chi connectivity index (χ0) is 12.8. The summed E-state index contributed by atoms with van der Waals surface area (Å²) >= 11 is 0. The Kier molecular flexibility index (Phi) is 4.59. The Hall–Kier alpha value is -1.55. The van der Waals surface area contributed by atoms with E-state index in [0.29, 0.717) is 5.92 Å². The minimum absolute atomic E-state index is 0.248. The van der Waals surface area contributed by atoms with Crippen molar-refractivity contribution in [1.29, 1.82) is 0 Å². The number of hydroxylamine groups is 1. The van der Waals surface area contributed by atoms with E-state index in [1.807, 2.05) is 6.07 Å². The van der Waals surface area contributed by atoms with Gasteiger partial charge in [0.15, 0.2) is 0 Å². The van der Waals surface area contributed by atoms with Gasteiger partial charge in [0.05, 0.1) is 7.11 Å². The second kappa shape index (κ2) is 6.40. The molecule has 4 heteroatoms. The summed E-state index contributed by atoms with van der Waals surface area (Å²) in [7, 11) is 1.44. The monoisotopic (exact) mass is 248 g/mol. The van der Waals surface area contributed by atoms with Gasteiger partial charge in [-0.2, -0.15) is 0 Å². The lowest BCUT2D eigenvalue weighted by atomic mass is 9.95. The number of rotatable bonds is 4. The molecule has 4 nitrogen and oxygen atoms in total. The summed E-state index contributed by atoms with van der Waals surface area (Å²) in [5.41, 5.74) is 3.64. The molecule has 2 amide bonds. The van der Waals surface area contributed by atoms with E-state index in [-0.39, 0.29) is 12.1 Å². The predicted octanol–water partition coefficient (Wildman–Crippen LogP) is 2.26. The van der Waals surface area contributed by atoms with Gasteiger partial charge in [-0.25, -0.2) is 10.3 Å². The molecule has 0 saturated heterocycles. The maximum atomic E-state index is 11.4. The first-order valence-corrected chi connectivity index (χ1v) is 6.43. The molecule has 1 fully saturated rings. The molecule has 98 valence electrons. The largest absolute Gasteiger partial charge is 0.338 e. The molecule has 2 rings (SSSR count). The van der Waals surface area contributed by atoms with Crippen LogP contribution in [0.3, 0.4) is 0 Å². The van der Waals surface area contributed by atoms with E-state index in [2.05, 4.69) is 39.9 Å². The molecule has 1 aliphatic carbocycles. The third-order valence-corrected chi connectivity index (χ3v) is 3.51. The third kappa shape index (κ3) is 3.47. The van der Waals surface area contributed by atoms with Crippen molar-refractivity contribution in [2.75, 3.05) is 7.11 Å². The van der Waals surface area contributed by atoms with Crippen LogP contribution in [0.5, 0.6) is 0 Å². The number of carbonyl (C=O) groups is 1. The summed E-state index contributed by atoms with van der Waals surface area (Å²) in [6.07, 6.45) is 4.43. The summed E-state index contributed by atoms with van der Waals surface area (Å²) in [6, 6.07) is 10.4. The standard InChI is InChI=1S/C14H20N2O2/c1-18-16-14(17)15-13-9-5-8-12(13)10-11-6-3-2-4-7-11/h2-4,6-7,12-13H,5,8-10H2,1H3,(H2,15,16,17)/t12-,13-/m0/s1. The molecule has 1 aliphatic rings. The second-order valence-corrected chi connectivity index (χ2v) is 4.77. The molecule has 0 spiro atoms. The summed E-state index contributed by atoms with van der Waals surface area (Å²) in [5.74, 6) is 0.523. The lowest BCUT2D eigenvalue weighted by Gasteiger charge is -2.21. The summed E-state index contributed by atoms with van der Waals surface area (Å²) in [4.78, 5) is 16.1. The van der Waals surface area contributed by atoms with E-state index in [1.54, 1.807) is 0 Å². The molecular formula is C14H20N2O2. The van der Waals surface area contributed by atoms with Crippen molar-refractivity contribution in [3.05, 3.63) is 35.9 Å². The van der Waals surface area contributed by atoms with Gasteiger partial charge in [0.1, 0.15) is 0 Å². The van der Waals surface area contributed by atoms with E-state index in [4.69, 9.17) is 0 Å². The van der Waals surface area contributed by atoms with E-state index < -0.39 is 0 Å². The topological polar surface area (TPSA) is 50.4 Å². The number of urea groups is 1. The van der Waals surface area contributed by atoms with Crippen LogP contribution in [0.25, 0.3) is 0 Å². The van der Waals surface area contributed by atoms with Crippen molar-refractivity contribution < 1.29 is 9.63 Å². The number of amides is 2. The molecule has 0 heterocycles. The van der Waals surface area contributed by atoms with Crippen molar-refractivity contribution >= 4 is 6.03 Å². The van der Waals surface area contributed by atoms with Gasteiger partial charge in [0, 0.05) is 6.04 Å². The highest BCUT2D eigenvalue weighted by atomic mass is 16.6. The highest BCUT2D eigenvalue weighted by molar-refractivity contribution is 5.73. The van der Waals surface area contributed by atoms with Crippen LogP contribution in [0.15, 0.2) is 30.3 Å². The Morgan fingerprint density at radius 1 is 1.33 bits per heavy atom. The molecule has 0 aliphatic heterocycles. The van der Waals surface area contributed by atoms with Crippen LogP contribution in [0.1, 0.15) is 24.8 Å². The quantitative estimate of drug-likeness (QED) is 0.803. The first-order chi connectivity index (χ1) is 8.79. The van der Waals surface area contributed by atoms with Crippen LogP contribution in [0.2, 0.25) is 0 Å². The third-order valence-electron chi connectivity index (χ3n) is 3.51. The van der Waals surface area contributed by atoms with E-state index >= 15 is 0 Å². The van der Waals surface area contributed by atoms with Gasteiger partial charge in [-0.05, 0) is 30.7 Å². The lowest BCUT2D eigenvalue weighted by Crippen LogP contribution is -2.43.